The van der Waals surface area contributed by atoms with E-state index in [2.05, 4.69) is 299 Å². The highest BCUT2D eigenvalue weighted by molar-refractivity contribution is 6.92. The maximum Gasteiger partial charge on any atom is 0.220 e. The topological polar surface area (TPSA) is 11.6 Å². The van der Waals surface area contributed by atoms with Crippen molar-refractivity contribution in [1.82, 2.24) is 0 Å². The van der Waals surface area contributed by atoms with Crippen LogP contribution in [0.1, 0.15) is 185 Å². The predicted octanol–water partition coefficient (Wildman–Crippen LogP) is 20.8. The molecule has 0 saturated carbocycles. The van der Waals surface area contributed by atoms with Crippen LogP contribution in [0.4, 0.5) is 0 Å². The average molecular weight is 1280 g/mol. The molecular formula is C86H118N3Si3+3. The number of hydrogen-bond acceptors (Lipinski definition) is 0. The van der Waals surface area contributed by atoms with E-state index in [0.717, 1.165) is 0 Å². The monoisotopic (exact) mass is 1280 g/mol. The zero-order chi connectivity index (χ0) is 66.7. The van der Waals surface area contributed by atoms with E-state index in [9.17, 15) is 0 Å². The molecule has 0 aliphatic carbocycles. The second kappa shape index (κ2) is 26.4. The highest BCUT2D eigenvalue weighted by Gasteiger charge is 2.36. The average Bonchev–Trinajstić information content (AvgIpc) is 1.97. The van der Waals surface area contributed by atoms with Gasteiger partial charge in [0.15, 0.2) is 18.6 Å². The summed E-state index contributed by atoms with van der Waals surface area (Å²) in [5.41, 5.74) is 19.9. The minimum Gasteiger partial charge on any atom is -0.200 e. The first kappa shape index (κ1) is 69.0. The summed E-state index contributed by atoms with van der Waals surface area (Å²) in [6, 6.07) is 54.7. The molecule has 0 N–H and O–H groups in total. The summed E-state index contributed by atoms with van der Waals surface area (Å²) in [6.07, 6.45) is 19.6. The molecule has 6 heteroatoms. The molecule has 92 heavy (non-hydrogen) atoms. The van der Waals surface area contributed by atoms with Crippen molar-refractivity contribution in [2.75, 3.05) is 0 Å². The Kier molecular flexibility index (Phi) is 19.8. The van der Waals surface area contributed by atoms with E-state index in [0.29, 0.717) is 0 Å². The molecule has 3 nitrogen and oxygen atoms in total. The van der Waals surface area contributed by atoms with E-state index in [-0.39, 0.29) is 21.7 Å². The van der Waals surface area contributed by atoms with E-state index >= 15 is 0 Å². The molecule has 486 valence electrons. The summed E-state index contributed by atoms with van der Waals surface area (Å²) in [6.45, 7) is 44.8. The molecule has 0 bridgehead atoms. The van der Waals surface area contributed by atoms with Gasteiger partial charge in [0, 0.05) is 23.8 Å². The van der Waals surface area contributed by atoms with Gasteiger partial charge in [0.05, 0.1) is 51.5 Å². The maximum absolute atomic E-state index is 2.61. The van der Waals surface area contributed by atoms with Crippen LogP contribution in [0.3, 0.4) is 0 Å². The lowest BCUT2D eigenvalue weighted by Gasteiger charge is -2.32. The molecule has 3 aliphatic rings. The number of fused-ring (bicyclic) bond motifs is 3. The Morgan fingerprint density at radius 1 is 0.304 bits per heavy atom. The number of hydrogen-bond donors (Lipinski definition) is 0. The fraction of sp³-hybridized carbons (Fsp3) is 0.477. The highest BCUT2D eigenvalue weighted by Crippen LogP contribution is 2.41. The molecule has 3 saturated heterocycles. The zero-order valence-corrected chi connectivity index (χ0v) is 64.6. The fourth-order valence-corrected chi connectivity index (χ4v) is 27.8. The van der Waals surface area contributed by atoms with Crippen molar-refractivity contribution in [3.63, 3.8) is 0 Å². The van der Waals surface area contributed by atoms with E-state index in [1.165, 1.54) is 205 Å². The Hall–Kier alpha value is -5.80. The zero-order valence-electron chi connectivity index (χ0n) is 61.6. The predicted molar refractivity (Wildman–Crippen MR) is 410 cm³/mol. The molecule has 6 heterocycles. The lowest BCUT2D eigenvalue weighted by atomic mass is 9.76. The van der Waals surface area contributed by atoms with Crippen LogP contribution in [-0.2, 0) is 42.8 Å². The minimum absolute atomic E-state index is 0.109. The molecule has 0 atom stereocenters. The molecule has 0 spiro atoms. The van der Waals surface area contributed by atoms with Crippen molar-refractivity contribution in [3.8, 4) is 33.8 Å². The summed E-state index contributed by atoms with van der Waals surface area (Å²) < 4.78 is 6.95. The molecule has 0 amide bonds. The molecular weight excluding hydrogens is 1160 g/mol. The Labute approximate surface area is 561 Å². The molecule has 6 aromatic carbocycles. The normalized spacial score (nSPS) is 16.8. The first-order valence-electron chi connectivity index (χ1n) is 35.8. The van der Waals surface area contributed by atoms with Crippen LogP contribution >= 0.6 is 0 Å². The lowest BCUT2D eigenvalue weighted by molar-refractivity contribution is -0.659. The van der Waals surface area contributed by atoms with Crippen LogP contribution in [-0.4, -0.2) is 24.2 Å². The number of aromatic nitrogens is 3. The molecule has 12 rings (SSSR count). The van der Waals surface area contributed by atoms with Crippen molar-refractivity contribution < 1.29 is 13.7 Å². The SMILES string of the molecule is Cc1c(-c2c3ccc([Si]4(C)CCCCC4)cc3cc[n+]2C)cc(C(C)(C)C)cc1C(C)(C)C.Cc1cc(C(C)(C)C)cc(-c2c3ccc([Si]4(C)CCCCC4)cc3cc[n+]2C)c1C.Cc1ccc(C(C)(C)C)cc1-c1c2ccc([Si]3(C)CCCCC3)cc2cc[n+]1C. The molecule has 9 aromatic rings. The molecule has 0 radical (unpaired) electrons. The van der Waals surface area contributed by atoms with Crippen molar-refractivity contribution in [1.29, 1.82) is 0 Å². The summed E-state index contributed by atoms with van der Waals surface area (Å²) in [4.78, 5) is 0. The molecule has 3 aliphatic heterocycles. The van der Waals surface area contributed by atoms with Gasteiger partial charge in [0.1, 0.15) is 21.1 Å². The fourth-order valence-electron chi connectivity index (χ4n) is 16.2. The van der Waals surface area contributed by atoms with Gasteiger partial charge in [0.25, 0.3) is 0 Å². The van der Waals surface area contributed by atoms with Crippen molar-refractivity contribution >= 4 is 72.1 Å². The number of aryl methyl sites for hydroxylation is 5. The van der Waals surface area contributed by atoms with E-state index in [1.54, 1.807) is 15.6 Å². The van der Waals surface area contributed by atoms with Gasteiger partial charge in [-0.05, 0) is 146 Å². The molecule has 0 unspecified atom stereocenters. The van der Waals surface area contributed by atoms with Crippen LogP contribution in [0.2, 0.25) is 55.9 Å². The minimum atomic E-state index is -1.33. The van der Waals surface area contributed by atoms with Gasteiger partial charge in [-0.3, -0.25) is 0 Å². The number of nitrogens with zero attached hydrogens (tertiary/aromatic N) is 3. The third-order valence-electron chi connectivity index (χ3n) is 22.9. The Bertz CT molecular complexity index is 4190. The number of benzene rings is 6. The second-order valence-corrected chi connectivity index (χ2v) is 48.4. The first-order valence-corrected chi connectivity index (χ1v) is 44.5. The van der Waals surface area contributed by atoms with E-state index in [4.69, 9.17) is 0 Å². The van der Waals surface area contributed by atoms with Crippen LogP contribution in [0, 0.1) is 27.7 Å². The molecule has 3 aromatic heterocycles. The van der Waals surface area contributed by atoms with Gasteiger partial charge in [-0.15, -0.1) is 0 Å². The van der Waals surface area contributed by atoms with Crippen molar-refractivity contribution in [2.24, 2.45) is 21.1 Å². The number of rotatable bonds is 6. The summed E-state index contributed by atoms with van der Waals surface area (Å²) in [7, 11) is 2.67. The molecule has 3 fully saturated rings. The maximum atomic E-state index is 2.61. The first-order chi connectivity index (χ1) is 43.1. The Morgan fingerprint density at radius 2 is 0.630 bits per heavy atom. The standard InChI is InChI=1S/C31H44NSi.C28H38NSi.C27H36NSi/c1-22-27(20-24(30(2,3)4)21-28(22)31(5,6)7)29-26-14-13-25(19-23(26)15-16-32(29)8)33(9)17-11-10-12-18-33;1-20-17-23(28(3,4)5)19-26(21(20)2)27-25-12-11-24(18-22(25)13-14-29(27)6)30(7)15-9-8-10-16-30;1-20-10-11-22(27(2,3)4)19-25(20)26-24-13-12-23(18-21(24)14-15-28(26)5)29(6)16-8-7-9-17-29/h13-16,19-21H,10-12,17-18H2,1-9H3;11-14,17-19H,8-10,15-16H2,1-7H3;10-15,18-19H,7-9,16-17H2,1-6H3/q3*+1. The third-order valence-corrected chi connectivity index (χ3v) is 36.7. The summed E-state index contributed by atoms with van der Waals surface area (Å²) in [5.74, 6) is 0. The highest BCUT2D eigenvalue weighted by atomic mass is 28.3. The van der Waals surface area contributed by atoms with Gasteiger partial charge in [0.2, 0.25) is 17.1 Å². The van der Waals surface area contributed by atoms with Gasteiger partial charge in [-0.2, -0.15) is 0 Å². The quantitative estimate of drug-likeness (QED) is 0.116. The van der Waals surface area contributed by atoms with Crippen LogP contribution in [0.15, 0.2) is 134 Å². The largest absolute Gasteiger partial charge is 0.220 e. The summed E-state index contributed by atoms with van der Waals surface area (Å²) in [5, 5.41) is 13.3. The number of pyridine rings is 3. The van der Waals surface area contributed by atoms with Gasteiger partial charge in [-0.1, -0.05) is 273 Å². The van der Waals surface area contributed by atoms with Gasteiger partial charge in [-0.25, -0.2) is 13.7 Å². The van der Waals surface area contributed by atoms with Crippen LogP contribution in [0.25, 0.3) is 66.1 Å². The summed E-state index contributed by atoms with van der Waals surface area (Å²) >= 11 is 0. The third kappa shape index (κ3) is 14.4. The van der Waals surface area contributed by atoms with Crippen molar-refractivity contribution in [3.05, 3.63) is 178 Å². The van der Waals surface area contributed by atoms with Crippen LogP contribution < -0.4 is 29.3 Å². The van der Waals surface area contributed by atoms with Crippen LogP contribution in [0.5, 0.6) is 0 Å². The van der Waals surface area contributed by atoms with Crippen molar-refractivity contribution in [2.45, 2.75) is 246 Å². The Balaban J connectivity index is 0.000000152. The second-order valence-electron chi connectivity index (χ2n) is 34.3. The van der Waals surface area contributed by atoms with Gasteiger partial charge < -0.3 is 0 Å². The smallest absolute Gasteiger partial charge is 0.200 e. The Morgan fingerprint density at radius 3 is 0.978 bits per heavy atom. The van der Waals surface area contributed by atoms with E-state index < -0.39 is 24.2 Å². The lowest BCUT2D eigenvalue weighted by Crippen LogP contribution is -2.45. The van der Waals surface area contributed by atoms with E-state index in [1.807, 2.05) is 0 Å². The van der Waals surface area contributed by atoms with Gasteiger partial charge >= 0.3 is 0 Å².